The fourth-order valence-electron chi connectivity index (χ4n) is 4.67. The molecule has 0 bridgehead atoms. The van der Waals surface area contributed by atoms with Crippen molar-refractivity contribution in [1.29, 1.82) is 0 Å². The van der Waals surface area contributed by atoms with Gasteiger partial charge in [-0.1, -0.05) is 96.9 Å². The van der Waals surface area contributed by atoms with Gasteiger partial charge >= 0.3 is 0 Å². The molecule has 2 amide bonds. The van der Waals surface area contributed by atoms with E-state index < -0.39 is 28.5 Å². The van der Waals surface area contributed by atoms with E-state index in [1.165, 1.54) is 35.2 Å². The average Bonchev–Trinajstić information content (AvgIpc) is 3.02. The summed E-state index contributed by atoms with van der Waals surface area (Å²) in [6.45, 7) is 3.39. The summed E-state index contributed by atoms with van der Waals surface area (Å²) in [6.07, 6.45) is 0.946. The highest BCUT2D eigenvalue weighted by molar-refractivity contribution is 7.92. The second-order valence-corrected chi connectivity index (χ2v) is 13.2. The van der Waals surface area contributed by atoms with Gasteiger partial charge in [-0.05, 0) is 66.9 Å². The Morgan fingerprint density at radius 2 is 1.41 bits per heavy atom. The standard InChI is InChI=1S/C34H35Cl2N3O4S/c1-3-25(2)37-34(41)32(21-26-11-6-4-7-12-26)38(23-27-13-8-5-9-14-27)33(40)24-39(30-16-10-15-29(36)22-30)44(42,43)31-19-17-28(35)18-20-31/h4-20,22,25,32H,3,21,23-24H2,1-2H3,(H,37,41)/t25-,32+/m0/s1. The molecular weight excluding hydrogens is 617 g/mol. The van der Waals surface area contributed by atoms with Crippen LogP contribution in [0.25, 0.3) is 0 Å². The zero-order valence-corrected chi connectivity index (χ0v) is 26.9. The maximum atomic E-state index is 14.4. The van der Waals surface area contributed by atoms with Crippen LogP contribution < -0.4 is 9.62 Å². The summed E-state index contributed by atoms with van der Waals surface area (Å²) in [4.78, 5) is 29.7. The molecule has 0 saturated carbocycles. The van der Waals surface area contributed by atoms with Gasteiger partial charge in [0, 0.05) is 29.1 Å². The summed E-state index contributed by atoms with van der Waals surface area (Å²) >= 11 is 12.3. The topological polar surface area (TPSA) is 86.8 Å². The summed E-state index contributed by atoms with van der Waals surface area (Å²) in [5.74, 6) is -0.867. The lowest BCUT2D eigenvalue weighted by Crippen LogP contribution is -2.54. The first kappa shape index (κ1) is 33.1. The maximum absolute atomic E-state index is 14.4. The second-order valence-electron chi connectivity index (χ2n) is 10.5. The van der Waals surface area contributed by atoms with Gasteiger partial charge in [0.1, 0.15) is 12.6 Å². The Labute approximate surface area is 269 Å². The molecule has 0 saturated heterocycles. The average molecular weight is 653 g/mol. The van der Waals surface area contributed by atoms with Crippen LogP contribution in [0.5, 0.6) is 0 Å². The molecule has 2 atom stereocenters. The number of benzene rings is 4. The summed E-state index contributed by atoms with van der Waals surface area (Å²) in [5, 5.41) is 3.71. The molecule has 1 N–H and O–H groups in total. The van der Waals surface area contributed by atoms with Crippen molar-refractivity contribution in [2.75, 3.05) is 10.8 Å². The van der Waals surface area contributed by atoms with Crippen molar-refractivity contribution in [2.45, 2.75) is 50.2 Å². The highest BCUT2D eigenvalue weighted by atomic mass is 35.5. The molecule has 4 rings (SSSR count). The van der Waals surface area contributed by atoms with Crippen LogP contribution in [-0.4, -0.2) is 43.8 Å². The van der Waals surface area contributed by atoms with E-state index in [1.807, 2.05) is 74.5 Å². The van der Waals surface area contributed by atoms with Crippen LogP contribution in [0.3, 0.4) is 0 Å². The molecule has 0 aliphatic rings. The molecule has 0 radical (unpaired) electrons. The molecule has 0 aliphatic carbocycles. The predicted octanol–water partition coefficient (Wildman–Crippen LogP) is 6.74. The molecule has 4 aromatic rings. The molecule has 7 nitrogen and oxygen atoms in total. The minimum atomic E-state index is -4.25. The van der Waals surface area contributed by atoms with E-state index >= 15 is 0 Å². The Balaban J connectivity index is 1.79. The molecule has 44 heavy (non-hydrogen) atoms. The van der Waals surface area contributed by atoms with Crippen molar-refractivity contribution < 1.29 is 18.0 Å². The number of halogens is 2. The molecule has 4 aromatic carbocycles. The molecule has 0 aliphatic heterocycles. The Morgan fingerprint density at radius 1 is 0.795 bits per heavy atom. The van der Waals surface area contributed by atoms with Crippen molar-refractivity contribution in [3.05, 3.63) is 130 Å². The number of sulfonamides is 1. The van der Waals surface area contributed by atoms with Gasteiger partial charge in [-0.25, -0.2) is 8.42 Å². The van der Waals surface area contributed by atoms with Gasteiger partial charge in [0.05, 0.1) is 10.6 Å². The smallest absolute Gasteiger partial charge is 0.264 e. The number of nitrogens with zero attached hydrogens (tertiary/aromatic N) is 2. The number of amides is 2. The van der Waals surface area contributed by atoms with Crippen LogP contribution in [0.4, 0.5) is 5.69 Å². The molecule has 0 aromatic heterocycles. The fourth-order valence-corrected chi connectivity index (χ4v) is 6.39. The normalized spacial score (nSPS) is 12.6. The van der Waals surface area contributed by atoms with Gasteiger partial charge in [-0.3, -0.25) is 13.9 Å². The van der Waals surface area contributed by atoms with Gasteiger partial charge in [0.2, 0.25) is 11.8 Å². The van der Waals surface area contributed by atoms with E-state index in [1.54, 1.807) is 18.2 Å². The molecule has 0 heterocycles. The Morgan fingerprint density at radius 3 is 2.00 bits per heavy atom. The number of carbonyl (C=O) groups is 2. The quantitative estimate of drug-likeness (QED) is 0.173. The third-order valence-electron chi connectivity index (χ3n) is 7.24. The van der Waals surface area contributed by atoms with Crippen LogP contribution in [0.15, 0.2) is 114 Å². The zero-order valence-electron chi connectivity index (χ0n) is 24.6. The molecule has 0 fully saturated rings. The number of nitrogens with one attached hydrogen (secondary N) is 1. The summed E-state index contributed by atoms with van der Waals surface area (Å²) in [7, 11) is -4.25. The van der Waals surface area contributed by atoms with Crippen molar-refractivity contribution in [3.63, 3.8) is 0 Å². The zero-order chi connectivity index (χ0) is 31.7. The monoisotopic (exact) mass is 651 g/mol. The molecule has 10 heteroatoms. The minimum Gasteiger partial charge on any atom is -0.352 e. The van der Waals surface area contributed by atoms with Gasteiger partial charge in [0.25, 0.3) is 10.0 Å². The third-order valence-corrected chi connectivity index (χ3v) is 9.52. The van der Waals surface area contributed by atoms with Crippen LogP contribution >= 0.6 is 23.2 Å². The number of carbonyl (C=O) groups excluding carboxylic acids is 2. The van der Waals surface area contributed by atoms with Gasteiger partial charge < -0.3 is 10.2 Å². The van der Waals surface area contributed by atoms with E-state index in [2.05, 4.69) is 5.32 Å². The van der Waals surface area contributed by atoms with Crippen molar-refractivity contribution in [2.24, 2.45) is 0 Å². The Bertz CT molecular complexity index is 1650. The number of anilines is 1. The first-order valence-corrected chi connectivity index (χ1v) is 16.5. The van der Waals surface area contributed by atoms with Crippen molar-refractivity contribution >= 4 is 50.7 Å². The molecule has 0 spiro atoms. The first-order chi connectivity index (χ1) is 21.1. The fraction of sp³-hybridized carbons (Fsp3) is 0.235. The molecule has 230 valence electrons. The summed E-state index contributed by atoms with van der Waals surface area (Å²) in [5.41, 5.74) is 1.87. The second kappa shape index (κ2) is 15.2. The van der Waals surface area contributed by atoms with E-state index in [0.29, 0.717) is 16.5 Å². The van der Waals surface area contributed by atoms with Crippen LogP contribution in [0.1, 0.15) is 31.4 Å². The SMILES string of the molecule is CC[C@H](C)NC(=O)[C@@H](Cc1ccccc1)N(Cc1ccccc1)C(=O)CN(c1cccc(Cl)c1)S(=O)(=O)c1ccc(Cl)cc1. The van der Waals surface area contributed by atoms with Crippen LogP contribution in [0.2, 0.25) is 10.0 Å². The lowest BCUT2D eigenvalue weighted by molar-refractivity contribution is -0.140. The summed E-state index contributed by atoms with van der Waals surface area (Å²) in [6, 6.07) is 29.7. The van der Waals surface area contributed by atoms with E-state index in [4.69, 9.17) is 23.2 Å². The van der Waals surface area contributed by atoms with Gasteiger partial charge in [-0.2, -0.15) is 0 Å². The minimum absolute atomic E-state index is 0.0420. The maximum Gasteiger partial charge on any atom is 0.264 e. The third kappa shape index (κ3) is 8.62. The lowest BCUT2D eigenvalue weighted by Gasteiger charge is -2.34. The molecular formula is C34H35Cl2N3O4S. The number of rotatable bonds is 13. The first-order valence-electron chi connectivity index (χ1n) is 14.3. The van der Waals surface area contributed by atoms with Crippen molar-refractivity contribution in [1.82, 2.24) is 10.2 Å². The summed E-state index contributed by atoms with van der Waals surface area (Å²) < 4.78 is 29.1. The van der Waals surface area contributed by atoms with E-state index in [0.717, 1.165) is 15.4 Å². The Kier molecular flexibility index (Phi) is 11.4. The Hall–Kier alpha value is -3.85. The highest BCUT2D eigenvalue weighted by Crippen LogP contribution is 2.28. The van der Waals surface area contributed by atoms with Gasteiger partial charge in [-0.15, -0.1) is 0 Å². The van der Waals surface area contributed by atoms with Crippen LogP contribution in [-0.2, 0) is 32.6 Å². The number of hydrogen-bond donors (Lipinski definition) is 1. The van der Waals surface area contributed by atoms with Crippen molar-refractivity contribution in [3.8, 4) is 0 Å². The largest absolute Gasteiger partial charge is 0.352 e. The van der Waals surface area contributed by atoms with Gasteiger partial charge in [0.15, 0.2) is 0 Å². The molecule has 0 unspecified atom stereocenters. The van der Waals surface area contributed by atoms with E-state index in [-0.39, 0.29) is 35.5 Å². The predicted molar refractivity (Wildman–Crippen MR) is 176 cm³/mol. The highest BCUT2D eigenvalue weighted by Gasteiger charge is 2.35. The lowest BCUT2D eigenvalue weighted by atomic mass is 10.0. The number of hydrogen-bond acceptors (Lipinski definition) is 4. The van der Waals surface area contributed by atoms with E-state index in [9.17, 15) is 18.0 Å². The van der Waals surface area contributed by atoms with Crippen LogP contribution in [0, 0.1) is 0 Å².